The number of unbranched alkanes of at least 4 members (excludes halogenated alkanes) is 2. The highest BCUT2D eigenvalue weighted by Crippen LogP contribution is 2.34. The van der Waals surface area contributed by atoms with Crippen LogP contribution < -0.4 is 20.1 Å². The summed E-state index contributed by atoms with van der Waals surface area (Å²) in [6.45, 7) is 7.62. The summed E-state index contributed by atoms with van der Waals surface area (Å²) in [4.78, 5) is 38.6. The van der Waals surface area contributed by atoms with Gasteiger partial charge in [-0.15, -0.1) is 0 Å². The van der Waals surface area contributed by atoms with Gasteiger partial charge in [0.25, 0.3) is 11.5 Å². The van der Waals surface area contributed by atoms with Crippen molar-refractivity contribution in [3.63, 3.8) is 0 Å². The first-order chi connectivity index (χ1) is 18.9. The number of ether oxygens (including phenoxy) is 1. The average molecular weight is 564 g/mol. The fraction of sp³-hybridized carbons (Fsp3) is 0.379. The third-order valence-electron chi connectivity index (χ3n) is 7.14. The van der Waals surface area contributed by atoms with Crippen molar-refractivity contribution in [2.45, 2.75) is 33.1 Å². The van der Waals surface area contributed by atoms with Crippen molar-refractivity contribution >= 4 is 57.4 Å². The van der Waals surface area contributed by atoms with E-state index in [-0.39, 0.29) is 11.5 Å². The number of nitrogens with zero attached hydrogens (tertiary/aromatic N) is 5. The second-order valence-electron chi connectivity index (χ2n) is 9.80. The highest BCUT2D eigenvalue weighted by molar-refractivity contribution is 8.26. The molecule has 10 heteroatoms. The molecular weight excluding hydrogens is 530 g/mol. The Hall–Kier alpha value is -3.37. The normalized spacial score (nSPS) is 17.1. The Kier molecular flexibility index (Phi) is 8.23. The SMILES string of the molecule is CCCCCN1C(=O)/C(=C/c2c(N3CCN(c4ccc(OC)cc4)CC3)nc3ccc(C)cn3c2=O)SC1=S. The van der Waals surface area contributed by atoms with Gasteiger partial charge in [0, 0.05) is 44.6 Å². The molecule has 0 radical (unpaired) electrons. The molecule has 0 N–H and O–H groups in total. The van der Waals surface area contributed by atoms with E-state index in [1.807, 2.05) is 31.2 Å². The van der Waals surface area contributed by atoms with Crippen LogP contribution in [0.1, 0.15) is 37.3 Å². The second kappa shape index (κ2) is 11.8. The zero-order valence-corrected chi connectivity index (χ0v) is 24.2. The minimum atomic E-state index is -0.187. The van der Waals surface area contributed by atoms with E-state index < -0.39 is 0 Å². The van der Waals surface area contributed by atoms with E-state index in [0.29, 0.717) is 45.9 Å². The van der Waals surface area contributed by atoms with Crippen LogP contribution in [0, 0.1) is 6.92 Å². The minimum absolute atomic E-state index is 0.134. The number of rotatable bonds is 8. The maximum atomic E-state index is 13.8. The lowest BCUT2D eigenvalue weighted by Crippen LogP contribution is -2.47. The summed E-state index contributed by atoms with van der Waals surface area (Å²) in [6, 6.07) is 11.9. The number of hydrogen-bond donors (Lipinski definition) is 0. The van der Waals surface area contributed by atoms with Gasteiger partial charge in [0.15, 0.2) is 0 Å². The maximum Gasteiger partial charge on any atom is 0.267 e. The Morgan fingerprint density at radius 3 is 2.44 bits per heavy atom. The molecule has 0 atom stereocenters. The van der Waals surface area contributed by atoms with Crippen molar-refractivity contribution in [2.24, 2.45) is 0 Å². The quantitative estimate of drug-likeness (QED) is 0.221. The van der Waals surface area contributed by atoms with Crippen LogP contribution in [0.15, 0.2) is 52.3 Å². The number of aromatic nitrogens is 2. The number of benzene rings is 1. The Labute approximate surface area is 238 Å². The van der Waals surface area contributed by atoms with Gasteiger partial charge in [0.05, 0.1) is 17.6 Å². The molecule has 39 heavy (non-hydrogen) atoms. The maximum absolute atomic E-state index is 13.8. The Balaban J connectivity index is 1.47. The number of carbonyl (C=O) groups excluding carboxylic acids is 1. The Morgan fingerprint density at radius 2 is 1.74 bits per heavy atom. The second-order valence-corrected chi connectivity index (χ2v) is 11.5. The third kappa shape index (κ3) is 5.67. The summed E-state index contributed by atoms with van der Waals surface area (Å²) in [5, 5.41) is 0. The molecule has 4 heterocycles. The van der Waals surface area contributed by atoms with Crippen LogP contribution in [0.5, 0.6) is 5.75 Å². The molecule has 0 spiro atoms. The first-order valence-corrected chi connectivity index (χ1v) is 14.5. The largest absolute Gasteiger partial charge is 0.497 e. The molecule has 5 rings (SSSR count). The van der Waals surface area contributed by atoms with Crippen molar-refractivity contribution in [1.82, 2.24) is 14.3 Å². The van der Waals surface area contributed by atoms with E-state index in [4.69, 9.17) is 21.9 Å². The highest BCUT2D eigenvalue weighted by Gasteiger charge is 2.33. The van der Waals surface area contributed by atoms with Gasteiger partial charge in [0.1, 0.15) is 21.5 Å². The average Bonchev–Trinajstić information content (AvgIpc) is 3.22. The fourth-order valence-corrected chi connectivity index (χ4v) is 6.22. The number of methoxy groups -OCH3 is 1. The third-order valence-corrected chi connectivity index (χ3v) is 8.51. The summed E-state index contributed by atoms with van der Waals surface area (Å²) >= 11 is 6.79. The number of thioether (sulfide) groups is 1. The zero-order chi connectivity index (χ0) is 27.5. The molecule has 2 aliphatic heterocycles. The lowest BCUT2D eigenvalue weighted by atomic mass is 10.2. The number of thiocarbonyl (C=S) groups is 1. The molecule has 1 amide bonds. The lowest BCUT2D eigenvalue weighted by Gasteiger charge is -2.37. The number of piperazine rings is 1. The molecular formula is C29H33N5O3S2. The number of hydrogen-bond acceptors (Lipinski definition) is 8. The summed E-state index contributed by atoms with van der Waals surface area (Å²) in [5.41, 5.74) is 2.91. The molecule has 0 unspecified atom stereocenters. The lowest BCUT2D eigenvalue weighted by molar-refractivity contribution is -0.122. The molecule has 0 bridgehead atoms. The van der Waals surface area contributed by atoms with Crippen LogP contribution in [-0.2, 0) is 4.79 Å². The van der Waals surface area contributed by atoms with Gasteiger partial charge in [-0.25, -0.2) is 4.98 Å². The van der Waals surface area contributed by atoms with Crippen molar-refractivity contribution in [3.8, 4) is 5.75 Å². The predicted molar refractivity (Wildman–Crippen MR) is 163 cm³/mol. The van der Waals surface area contributed by atoms with E-state index in [1.54, 1.807) is 28.7 Å². The zero-order valence-electron chi connectivity index (χ0n) is 22.6. The van der Waals surface area contributed by atoms with Crippen LogP contribution in [0.2, 0.25) is 0 Å². The molecule has 2 aromatic heterocycles. The first kappa shape index (κ1) is 27.2. The molecule has 1 aromatic carbocycles. The van der Waals surface area contributed by atoms with Gasteiger partial charge in [-0.2, -0.15) is 0 Å². The summed E-state index contributed by atoms with van der Waals surface area (Å²) < 4.78 is 7.40. The van der Waals surface area contributed by atoms with Crippen LogP contribution in [0.25, 0.3) is 11.7 Å². The summed E-state index contributed by atoms with van der Waals surface area (Å²) in [5.74, 6) is 1.30. The first-order valence-electron chi connectivity index (χ1n) is 13.3. The van der Waals surface area contributed by atoms with E-state index in [1.165, 1.54) is 11.8 Å². The van der Waals surface area contributed by atoms with Crippen LogP contribution in [-0.4, -0.2) is 64.3 Å². The van der Waals surface area contributed by atoms with Gasteiger partial charge in [-0.1, -0.05) is 49.8 Å². The molecule has 0 aliphatic carbocycles. The molecule has 204 valence electrons. The van der Waals surface area contributed by atoms with Crippen molar-refractivity contribution in [1.29, 1.82) is 0 Å². The number of fused-ring (bicyclic) bond motifs is 1. The van der Waals surface area contributed by atoms with Crippen molar-refractivity contribution in [2.75, 3.05) is 49.6 Å². The number of carbonyl (C=O) groups is 1. The predicted octanol–water partition coefficient (Wildman–Crippen LogP) is 4.73. The molecule has 0 saturated carbocycles. The van der Waals surface area contributed by atoms with Gasteiger partial charge >= 0.3 is 0 Å². The standard InChI is InChI=1S/C29H33N5O3S2/c1-4-5-6-13-33-28(36)24(39-29(33)38)18-23-26(30-25-12-7-20(2)19-34(25)27(23)35)32-16-14-31(15-17-32)21-8-10-22(37-3)11-9-21/h7-12,18-19H,4-6,13-17H2,1-3H3/b24-18-. The molecule has 2 fully saturated rings. The number of pyridine rings is 1. The smallest absolute Gasteiger partial charge is 0.267 e. The fourth-order valence-electron chi connectivity index (χ4n) is 4.93. The van der Waals surface area contributed by atoms with Gasteiger partial charge in [-0.3, -0.25) is 18.9 Å². The molecule has 2 saturated heterocycles. The molecule has 2 aliphatic rings. The number of aryl methyl sites for hydroxylation is 1. The Bertz CT molecular complexity index is 1480. The van der Waals surface area contributed by atoms with Gasteiger partial charge < -0.3 is 14.5 Å². The van der Waals surface area contributed by atoms with Crippen LogP contribution in [0.3, 0.4) is 0 Å². The highest BCUT2D eigenvalue weighted by atomic mass is 32.2. The van der Waals surface area contributed by atoms with Gasteiger partial charge in [-0.05, 0) is 55.3 Å². The minimum Gasteiger partial charge on any atom is -0.497 e. The van der Waals surface area contributed by atoms with E-state index in [2.05, 4.69) is 28.9 Å². The van der Waals surface area contributed by atoms with E-state index in [9.17, 15) is 9.59 Å². The van der Waals surface area contributed by atoms with Crippen LogP contribution >= 0.6 is 24.0 Å². The number of anilines is 2. The Morgan fingerprint density at radius 1 is 1.03 bits per heavy atom. The number of amides is 1. The van der Waals surface area contributed by atoms with Crippen molar-refractivity contribution in [3.05, 3.63) is 69.0 Å². The summed E-state index contributed by atoms with van der Waals surface area (Å²) in [7, 11) is 1.66. The molecule has 8 nitrogen and oxygen atoms in total. The monoisotopic (exact) mass is 563 g/mol. The van der Waals surface area contributed by atoms with E-state index in [0.717, 1.165) is 49.4 Å². The van der Waals surface area contributed by atoms with Gasteiger partial charge in [0.2, 0.25) is 0 Å². The summed E-state index contributed by atoms with van der Waals surface area (Å²) in [6.07, 6.45) is 6.51. The van der Waals surface area contributed by atoms with E-state index >= 15 is 0 Å². The molecule has 3 aromatic rings. The van der Waals surface area contributed by atoms with Crippen LogP contribution in [0.4, 0.5) is 11.5 Å². The van der Waals surface area contributed by atoms with Crippen molar-refractivity contribution < 1.29 is 9.53 Å². The topological polar surface area (TPSA) is 70.4 Å².